The van der Waals surface area contributed by atoms with Crippen molar-refractivity contribution < 1.29 is 0 Å². The third-order valence-electron chi connectivity index (χ3n) is 4.07. The quantitative estimate of drug-likeness (QED) is 0.501. The average molecular weight is 394 g/mol. The number of rotatable bonds is 9. The van der Waals surface area contributed by atoms with E-state index in [1.54, 1.807) is 0 Å². The van der Waals surface area contributed by atoms with Crippen molar-refractivity contribution >= 4 is 23.2 Å². The first-order valence-electron chi connectivity index (χ1n) is 9.54. The van der Waals surface area contributed by atoms with E-state index in [1.165, 1.54) is 16.7 Å². The highest BCUT2D eigenvalue weighted by atomic mass is 32.2. The van der Waals surface area contributed by atoms with Crippen molar-refractivity contribution in [2.75, 3.05) is 18.1 Å². The van der Waals surface area contributed by atoms with Crippen molar-refractivity contribution in [1.82, 2.24) is 5.32 Å². The van der Waals surface area contributed by atoms with Gasteiger partial charge in [-0.05, 0) is 62.6 Å². The maximum absolute atomic E-state index is 4.87. The van der Waals surface area contributed by atoms with Gasteiger partial charge in [-0.3, -0.25) is 0 Å². The minimum Gasteiger partial charge on any atom is -0.373 e. The fourth-order valence-corrected chi connectivity index (χ4v) is 3.64. The van der Waals surface area contributed by atoms with E-state index in [0.29, 0.717) is 0 Å². The zero-order chi connectivity index (χ0) is 20.4. The van der Waals surface area contributed by atoms with E-state index in [4.69, 9.17) is 4.99 Å². The molecule has 0 spiro atoms. The topological polar surface area (TPSA) is 36.4 Å². The first-order chi connectivity index (χ1) is 13.5. The molecule has 2 aromatic carbocycles. The summed E-state index contributed by atoms with van der Waals surface area (Å²) in [7, 11) is 1.92. The molecule has 28 heavy (non-hydrogen) atoms. The monoisotopic (exact) mass is 393 g/mol. The first kappa shape index (κ1) is 21.8. The van der Waals surface area contributed by atoms with Gasteiger partial charge in [0, 0.05) is 29.9 Å². The molecule has 0 aromatic heterocycles. The van der Waals surface area contributed by atoms with Crippen molar-refractivity contribution in [2.24, 2.45) is 4.99 Å². The molecule has 148 valence electrons. The predicted octanol–water partition coefficient (Wildman–Crippen LogP) is 6.16. The van der Waals surface area contributed by atoms with E-state index >= 15 is 0 Å². The first-order valence-corrected chi connectivity index (χ1v) is 10.7. The van der Waals surface area contributed by atoms with Crippen LogP contribution in [0.3, 0.4) is 0 Å². The summed E-state index contributed by atoms with van der Waals surface area (Å²) in [4.78, 5) is 4.87. The summed E-state index contributed by atoms with van der Waals surface area (Å²) in [5.74, 6) is 2.75. The predicted molar refractivity (Wildman–Crippen MR) is 126 cm³/mol. The van der Waals surface area contributed by atoms with Gasteiger partial charge in [0.25, 0.3) is 0 Å². The van der Waals surface area contributed by atoms with Crippen LogP contribution in [0.4, 0.5) is 5.69 Å². The van der Waals surface area contributed by atoms with E-state index in [1.807, 2.05) is 18.8 Å². The number of allylic oxidation sites excluding steroid dienone is 3. The molecule has 0 fully saturated rings. The molecule has 4 heteroatoms. The van der Waals surface area contributed by atoms with Crippen LogP contribution < -0.4 is 10.6 Å². The second kappa shape index (κ2) is 11.4. The lowest BCUT2D eigenvalue weighted by Gasteiger charge is -2.11. The maximum Gasteiger partial charge on any atom is 0.124 e. The minimum absolute atomic E-state index is 0.847. The molecule has 0 unspecified atom stereocenters. The van der Waals surface area contributed by atoms with Gasteiger partial charge in [-0.15, -0.1) is 0 Å². The summed E-state index contributed by atoms with van der Waals surface area (Å²) in [5.41, 5.74) is 6.97. The standard InChI is InChI=1S/C24H31N3S/c1-18(2)24(25-5)27-23(17-28-16-21-11-7-6-8-12-21)15-20(4)26-22-13-9-10-19(3)14-22/h6-15,25-26H,16-17H2,1-5H3/b20-15+,27-23?. The zero-order valence-corrected chi connectivity index (χ0v) is 18.4. The highest BCUT2D eigenvalue weighted by Gasteiger charge is 2.03. The molecule has 3 nitrogen and oxygen atoms in total. The van der Waals surface area contributed by atoms with Crippen molar-refractivity contribution in [3.63, 3.8) is 0 Å². The molecule has 0 aliphatic carbocycles. The number of hydrogen-bond donors (Lipinski definition) is 2. The Morgan fingerprint density at radius 2 is 1.79 bits per heavy atom. The molecule has 0 heterocycles. The Morgan fingerprint density at radius 1 is 1.04 bits per heavy atom. The Morgan fingerprint density at radius 3 is 2.43 bits per heavy atom. The van der Waals surface area contributed by atoms with Gasteiger partial charge in [0.1, 0.15) is 5.82 Å². The second-order valence-electron chi connectivity index (χ2n) is 7.00. The van der Waals surface area contributed by atoms with Crippen LogP contribution in [0, 0.1) is 6.92 Å². The highest BCUT2D eigenvalue weighted by molar-refractivity contribution is 7.99. The van der Waals surface area contributed by atoms with Gasteiger partial charge < -0.3 is 10.6 Å². The van der Waals surface area contributed by atoms with Crippen molar-refractivity contribution in [1.29, 1.82) is 0 Å². The summed E-state index contributed by atoms with van der Waals surface area (Å²) in [5, 5.41) is 6.68. The number of benzene rings is 2. The van der Waals surface area contributed by atoms with E-state index < -0.39 is 0 Å². The van der Waals surface area contributed by atoms with Gasteiger partial charge in [0.2, 0.25) is 0 Å². The number of aliphatic imine (C=N–C) groups is 1. The molecular weight excluding hydrogens is 362 g/mol. The summed E-state index contributed by atoms with van der Waals surface area (Å²) in [6.07, 6.45) is 2.14. The largest absolute Gasteiger partial charge is 0.373 e. The lowest BCUT2D eigenvalue weighted by Crippen LogP contribution is -2.11. The average Bonchev–Trinajstić information content (AvgIpc) is 2.66. The van der Waals surface area contributed by atoms with Crippen LogP contribution >= 0.6 is 11.8 Å². The number of thioether (sulfide) groups is 1. The lowest BCUT2D eigenvalue weighted by atomic mass is 10.2. The van der Waals surface area contributed by atoms with Gasteiger partial charge >= 0.3 is 0 Å². The molecule has 0 aliphatic rings. The molecule has 2 rings (SSSR count). The Balaban J connectivity index is 2.14. The molecule has 0 atom stereocenters. The van der Waals surface area contributed by atoms with Gasteiger partial charge in [-0.1, -0.05) is 42.5 Å². The SMILES string of the molecule is CNC(N=C(/C=C(\C)Nc1cccc(C)c1)CSCc1ccccc1)=C(C)C. The van der Waals surface area contributed by atoms with E-state index in [-0.39, 0.29) is 0 Å². The van der Waals surface area contributed by atoms with Gasteiger partial charge in [-0.25, -0.2) is 4.99 Å². The number of anilines is 1. The zero-order valence-electron chi connectivity index (χ0n) is 17.5. The molecule has 0 radical (unpaired) electrons. The van der Waals surface area contributed by atoms with Crippen LogP contribution in [0.1, 0.15) is 31.9 Å². The molecule has 0 bridgehead atoms. The van der Waals surface area contributed by atoms with Crippen molar-refractivity contribution in [3.05, 3.63) is 88.9 Å². The molecule has 2 aromatic rings. The fraction of sp³-hybridized carbons (Fsp3) is 0.292. The number of hydrogen-bond acceptors (Lipinski definition) is 4. The lowest BCUT2D eigenvalue weighted by molar-refractivity contribution is 0.933. The molecule has 0 amide bonds. The molecule has 0 saturated carbocycles. The van der Waals surface area contributed by atoms with Crippen LogP contribution in [0.15, 0.2) is 82.8 Å². The summed E-state index contributed by atoms with van der Waals surface area (Å²) in [6, 6.07) is 19.0. The van der Waals surface area contributed by atoms with Crippen LogP contribution in [0.2, 0.25) is 0 Å². The highest BCUT2D eigenvalue weighted by Crippen LogP contribution is 2.16. The Labute approximate surface area is 174 Å². The Bertz CT molecular complexity index is 847. The molecule has 0 aliphatic heterocycles. The minimum atomic E-state index is 0.847. The smallest absolute Gasteiger partial charge is 0.124 e. The Kier molecular flexibility index (Phi) is 8.89. The number of nitrogens with zero attached hydrogens (tertiary/aromatic N) is 1. The van der Waals surface area contributed by atoms with Crippen molar-refractivity contribution in [2.45, 2.75) is 33.4 Å². The third-order valence-corrected chi connectivity index (χ3v) is 5.11. The maximum atomic E-state index is 4.87. The number of aryl methyl sites for hydroxylation is 1. The van der Waals surface area contributed by atoms with Gasteiger partial charge in [-0.2, -0.15) is 11.8 Å². The summed E-state index contributed by atoms with van der Waals surface area (Å²) >= 11 is 1.88. The van der Waals surface area contributed by atoms with Gasteiger partial charge in [0.05, 0.1) is 5.71 Å². The fourth-order valence-electron chi connectivity index (χ4n) is 2.75. The molecule has 0 saturated heterocycles. The van der Waals surface area contributed by atoms with E-state index in [0.717, 1.165) is 34.4 Å². The Hall–Kier alpha value is -2.46. The number of nitrogens with one attached hydrogen (secondary N) is 2. The van der Waals surface area contributed by atoms with Crippen LogP contribution in [0.5, 0.6) is 0 Å². The van der Waals surface area contributed by atoms with E-state index in [2.05, 4.69) is 99.0 Å². The third kappa shape index (κ3) is 7.65. The summed E-state index contributed by atoms with van der Waals surface area (Å²) < 4.78 is 0. The van der Waals surface area contributed by atoms with Crippen molar-refractivity contribution in [3.8, 4) is 0 Å². The van der Waals surface area contributed by atoms with E-state index in [9.17, 15) is 0 Å². The van der Waals surface area contributed by atoms with Crippen LogP contribution in [-0.4, -0.2) is 18.5 Å². The molecular formula is C24H31N3S. The van der Waals surface area contributed by atoms with Crippen LogP contribution in [0.25, 0.3) is 0 Å². The second-order valence-corrected chi connectivity index (χ2v) is 7.99. The van der Waals surface area contributed by atoms with Crippen LogP contribution in [-0.2, 0) is 5.75 Å². The summed E-state index contributed by atoms with van der Waals surface area (Å²) in [6.45, 7) is 8.34. The molecule has 2 N–H and O–H groups in total. The van der Waals surface area contributed by atoms with Gasteiger partial charge in [0.15, 0.2) is 0 Å². The normalized spacial score (nSPS) is 11.9.